The summed E-state index contributed by atoms with van der Waals surface area (Å²) < 4.78 is 16.4. The van der Waals surface area contributed by atoms with Crippen LogP contribution in [-0.2, 0) is 11.3 Å². The summed E-state index contributed by atoms with van der Waals surface area (Å²) in [6, 6.07) is 5.61. The van der Waals surface area contributed by atoms with Crippen LogP contribution in [0.1, 0.15) is 5.56 Å². The Morgan fingerprint density at radius 3 is 2.59 bits per heavy atom. The summed E-state index contributed by atoms with van der Waals surface area (Å²) in [7, 11) is 0. The molecule has 1 rings (SSSR count). The van der Waals surface area contributed by atoms with Gasteiger partial charge in [-0.25, -0.2) is 9.18 Å². The standard InChI is InChI=1S/C10H11FN2O4/c11-5-6-12-10(14)17-7-8-1-3-9(4-2-8)13(15)16/h1-4H,5-7H2,(H,12,14). The lowest BCUT2D eigenvalue weighted by Crippen LogP contribution is -2.26. The normalized spacial score (nSPS) is 9.71. The van der Waals surface area contributed by atoms with Crippen LogP contribution >= 0.6 is 0 Å². The van der Waals surface area contributed by atoms with Gasteiger partial charge in [0.05, 0.1) is 4.92 Å². The fourth-order valence-electron chi connectivity index (χ4n) is 1.06. The van der Waals surface area contributed by atoms with Crippen molar-refractivity contribution in [1.82, 2.24) is 5.32 Å². The molecule has 0 fully saturated rings. The molecule has 0 saturated carbocycles. The van der Waals surface area contributed by atoms with Crippen LogP contribution in [0.25, 0.3) is 0 Å². The molecular weight excluding hydrogens is 231 g/mol. The van der Waals surface area contributed by atoms with Crippen molar-refractivity contribution in [3.05, 3.63) is 39.9 Å². The number of benzene rings is 1. The lowest BCUT2D eigenvalue weighted by Gasteiger charge is -2.05. The first kappa shape index (κ1) is 12.9. The van der Waals surface area contributed by atoms with Gasteiger partial charge < -0.3 is 10.1 Å². The Kier molecular flexibility index (Phi) is 4.86. The van der Waals surface area contributed by atoms with Crippen molar-refractivity contribution >= 4 is 11.8 Å². The Balaban J connectivity index is 2.42. The summed E-state index contributed by atoms with van der Waals surface area (Å²) in [4.78, 5) is 20.8. The van der Waals surface area contributed by atoms with Gasteiger partial charge in [0.25, 0.3) is 5.69 Å². The number of carbonyl (C=O) groups is 1. The summed E-state index contributed by atoms with van der Waals surface area (Å²) in [5, 5.41) is 12.6. The molecule has 1 aromatic rings. The van der Waals surface area contributed by atoms with E-state index in [4.69, 9.17) is 4.74 Å². The number of nitro benzene ring substituents is 1. The SMILES string of the molecule is O=C(NCCF)OCc1ccc([N+](=O)[O-])cc1. The molecule has 0 radical (unpaired) electrons. The third-order valence-electron chi connectivity index (χ3n) is 1.88. The molecular formula is C10H11FN2O4. The smallest absolute Gasteiger partial charge is 0.407 e. The highest BCUT2D eigenvalue weighted by molar-refractivity contribution is 5.67. The highest BCUT2D eigenvalue weighted by atomic mass is 19.1. The minimum absolute atomic E-state index is 0.0177. The van der Waals surface area contributed by atoms with Crippen LogP contribution in [0.2, 0.25) is 0 Å². The summed E-state index contributed by atoms with van der Waals surface area (Å²) >= 11 is 0. The number of nitrogens with zero attached hydrogens (tertiary/aromatic N) is 1. The molecule has 17 heavy (non-hydrogen) atoms. The van der Waals surface area contributed by atoms with Gasteiger partial charge in [0.2, 0.25) is 0 Å². The molecule has 0 aliphatic rings. The first-order valence-corrected chi connectivity index (χ1v) is 4.83. The number of amides is 1. The van der Waals surface area contributed by atoms with Gasteiger partial charge in [-0.05, 0) is 17.7 Å². The molecule has 7 heteroatoms. The number of carbonyl (C=O) groups excluding carboxylic acids is 1. The molecule has 1 amide bonds. The zero-order valence-corrected chi connectivity index (χ0v) is 8.89. The predicted molar refractivity (Wildman–Crippen MR) is 57.3 cm³/mol. The summed E-state index contributed by atoms with van der Waals surface area (Å²) in [5.74, 6) is 0. The van der Waals surface area contributed by atoms with E-state index in [1.807, 2.05) is 0 Å². The molecule has 1 aromatic carbocycles. The van der Waals surface area contributed by atoms with Gasteiger partial charge >= 0.3 is 6.09 Å². The van der Waals surface area contributed by atoms with Gasteiger partial charge in [0.15, 0.2) is 0 Å². The molecule has 0 aromatic heterocycles. The van der Waals surface area contributed by atoms with Gasteiger partial charge in [0.1, 0.15) is 13.3 Å². The molecule has 0 unspecified atom stereocenters. The Hall–Kier alpha value is -2.18. The lowest BCUT2D eigenvalue weighted by atomic mass is 10.2. The van der Waals surface area contributed by atoms with Crippen molar-refractivity contribution in [1.29, 1.82) is 0 Å². The van der Waals surface area contributed by atoms with E-state index in [0.29, 0.717) is 5.56 Å². The van der Waals surface area contributed by atoms with E-state index >= 15 is 0 Å². The van der Waals surface area contributed by atoms with Gasteiger partial charge in [0, 0.05) is 18.7 Å². The Labute approximate surface area is 96.5 Å². The number of alkyl carbamates (subject to hydrolysis) is 1. The van der Waals surface area contributed by atoms with E-state index < -0.39 is 17.7 Å². The van der Waals surface area contributed by atoms with Gasteiger partial charge in [-0.2, -0.15) is 0 Å². The average molecular weight is 242 g/mol. The van der Waals surface area contributed by atoms with Crippen LogP contribution in [0, 0.1) is 10.1 Å². The van der Waals surface area contributed by atoms with E-state index in [9.17, 15) is 19.3 Å². The molecule has 0 aliphatic heterocycles. The topological polar surface area (TPSA) is 81.5 Å². The van der Waals surface area contributed by atoms with Crippen LogP contribution in [-0.4, -0.2) is 24.2 Å². The second kappa shape index (κ2) is 6.41. The molecule has 92 valence electrons. The minimum atomic E-state index is -0.721. The van der Waals surface area contributed by atoms with Crippen LogP contribution in [0.5, 0.6) is 0 Å². The first-order chi connectivity index (χ1) is 8.13. The van der Waals surface area contributed by atoms with Crippen molar-refractivity contribution in [2.45, 2.75) is 6.61 Å². The molecule has 0 heterocycles. The van der Waals surface area contributed by atoms with E-state index in [0.717, 1.165) is 0 Å². The Bertz CT molecular complexity index is 394. The third kappa shape index (κ3) is 4.45. The maximum atomic E-state index is 11.7. The van der Waals surface area contributed by atoms with Crippen molar-refractivity contribution in [2.75, 3.05) is 13.2 Å². The van der Waals surface area contributed by atoms with E-state index in [1.54, 1.807) is 0 Å². The fourth-order valence-corrected chi connectivity index (χ4v) is 1.06. The molecule has 0 saturated heterocycles. The zero-order valence-electron chi connectivity index (χ0n) is 8.89. The quantitative estimate of drug-likeness (QED) is 0.630. The number of hydrogen-bond donors (Lipinski definition) is 1. The lowest BCUT2D eigenvalue weighted by molar-refractivity contribution is -0.384. The van der Waals surface area contributed by atoms with Crippen LogP contribution < -0.4 is 5.32 Å². The zero-order chi connectivity index (χ0) is 12.7. The van der Waals surface area contributed by atoms with Gasteiger partial charge in [-0.15, -0.1) is 0 Å². The maximum Gasteiger partial charge on any atom is 0.407 e. The molecule has 0 aliphatic carbocycles. The van der Waals surface area contributed by atoms with Crippen molar-refractivity contribution in [3.8, 4) is 0 Å². The molecule has 1 N–H and O–H groups in total. The molecule has 0 atom stereocenters. The number of nitro groups is 1. The summed E-state index contributed by atoms with van der Waals surface area (Å²) in [5.41, 5.74) is 0.585. The van der Waals surface area contributed by atoms with Crippen LogP contribution in [0.4, 0.5) is 14.9 Å². The number of hydrogen-bond acceptors (Lipinski definition) is 4. The summed E-state index contributed by atoms with van der Waals surface area (Å²) in [6.45, 7) is -0.776. The number of alkyl halides is 1. The van der Waals surface area contributed by atoms with Crippen LogP contribution in [0.15, 0.2) is 24.3 Å². The number of rotatable bonds is 5. The van der Waals surface area contributed by atoms with E-state index in [1.165, 1.54) is 24.3 Å². The third-order valence-corrected chi connectivity index (χ3v) is 1.88. The second-order valence-corrected chi connectivity index (χ2v) is 3.12. The first-order valence-electron chi connectivity index (χ1n) is 4.83. The fraction of sp³-hybridized carbons (Fsp3) is 0.300. The molecule has 0 spiro atoms. The maximum absolute atomic E-state index is 11.7. The van der Waals surface area contributed by atoms with E-state index in [2.05, 4.69) is 5.32 Å². The van der Waals surface area contributed by atoms with Crippen molar-refractivity contribution in [3.63, 3.8) is 0 Å². The van der Waals surface area contributed by atoms with Crippen LogP contribution in [0.3, 0.4) is 0 Å². The molecule has 6 nitrogen and oxygen atoms in total. The number of halogens is 1. The number of ether oxygens (including phenoxy) is 1. The highest BCUT2D eigenvalue weighted by Crippen LogP contribution is 2.12. The van der Waals surface area contributed by atoms with Gasteiger partial charge in [-0.1, -0.05) is 0 Å². The highest BCUT2D eigenvalue weighted by Gasteiger charge is 2.05. The Morgan fingerprint density at radius 2 is 2.06 bits per heavy atom. The number of nitrogens with one attached hydrogen (secondary N) is 1. The predicted octanol–water partition coefficient (Wildman–Crippen LogP) is 1.79. The largest absolute Gasteiger partial charge is 0.445 e. The monoisotopic (exact) mass is 242 g/mol. The second-order valence-electron chi connectivity index (χ2n) is 3.12. The van der Waals surface area contributed by atoms with Crippen molar-refractivity contribution < 1.29 is 18.8 Å². The van der Waals surface area contributed by atoms with E-state index in [-0.39, 0.29) is 18.8 Å². The average Bonchev–Trinajstić information content (AvgIpc) is 2.34. The minimum Gasteiger partial charge on any atom is -0.445 e. The summed E-state index contributed by atoms with van der Waals surface area (Å²) in [6.07, 6.45) is -0.721. The van der Waals surface area contributed by atoms with Crippen molar-refractivity contribution in [2.24, 2.45) is 0 Å². The number of non-ortho nitro benzene ring substituents is 1. The molecule has 0 bridgehead atoms. The van der Waals surface area contributed by atoms with Gasteiger partial charge in [-0.3, -0.25) is 10.1 Å². The Morgan fingerprint density at radius 1 is 1.41 bits per heavy atom.